The lowest BCUT2D eigenvalue weighted by Crippen LogP contribution is -1.95. The Morgan fingerprint density at radius 2 is 2.64 bits per heavy atom. The summed E-state index contributed by atoms with van der Waals surface area (Å²) in [6.45, 7) is 2.18. The second-order valence-electron chi connectivity index (χ2n) is 2.20. The van der Waals surface area contributed by atoms with Gasteiger partial charge in [-0.2, -0.15) is 0 Å². The molecule has 0 spiro atoms. The largest absolute Gasteiger partial charge is 0.238 e. The Labute approximate surface area is 80.2 Å². The van der Waals surface area contributed by atoms with Gasteiger partial charge < -0.3 is 0 Å². The van der Waals surface area contributed by atoms with Crippen molar-refractivity contribution in [2.45, 2.75) is 22.9 Å². The van der Waals surface area contributed by atoms with Gasteiger partial charge in [0.15, 0.2) is 0 Å². The molecule has 4 heteroatoms. The second kappa shape index (κ2) is 5.01. The molecule has 1 unspecified atom stereocenters. The van der Waals surface area contributed by atoms with Crippen molar-refractivity contribution in [3.8, 4) is 0 Å². The van der Waals surface area contributed by atoms with Gasteiger partial charge in [-0.15, -0.1) is 22.9 Å². The zero-order valence-corrected chi connectivity index (χ0v) is 8.68. The molecule has 0 fully saturated rings. The Morgan fingerprint density at radius 1 is 1.82 bits per heavy atom. The molecule has 0 aliphatic heterocycles. The van der Waals surface area contributed by atoms with Crippen LogP contribution in [0.15, 0.2) is 15.9 Å². The Kier molecular flexibility index (Phi) is 4.26. The van der Waals surface area contributed by atoms with Crippen LogP contribution in [0.1, 0.15) is 13.3 Å². The molecule has 0 aromatic carbocycles. The van der Waals surface area contributed by atoms with E-state index in [1.54, 1.807) is 23.1 Å². The summed E-state index contributed by atoms with van der Waals surface area (Å²) >= 11 is 9.09. The van der Waals surface area contributed by atoms with E-state index in [0.717, 1.165) is 16.6 Å². The number of rotatable bonds is 4. The number of aromatic nitrogens is 1. The summed E-state index contributed by atoms with van der Waals surface area (Å²) in [6, 6.07) is 0. The summed E-state index contributed by atoms with van der Waals surface area (Å²) in [5.41, 5.74) is 0. The minimum Gasteiger partial charge on any atom is -0.238 e. The number of thioether (sulfide) groups is 1. The van der Waals surface area contributed by atoms with Crippen molar-refractivity contribution in [1.29, 1.82) is 0 Å². The number of nitrogens with zero attached hydrogens (tertiary/aromatic N) is 1. The molecule has 1 aromatic rings. The van der Waals surface area contributed by atoms with Gasteiger partial charge in [0.25, 0.3) is 0 Å². The number of thiazole rings is 1. The monoisotopic (exact) mass is 207 g/mol. The van der Waals surface area contributed by atoms with Crippen LogP contribution in [0.5, 0.6) is 0 Å². The van der Waals surface area contributed by atoms with Crippen molar-refractivity contribution >= 4 is 34.7 Å². The molecule has 0 saturated carbocycles. The molecule has 1 aromatic heterocycles. The third-order valence-corrected chi connectivity index (χ3v) is 3.53. The van der Waals surface area contributed by atoms with Crippen molar-refractivity contribution in [1.82, 2.24) is 4.98 Å². The minimum absolute atomic E-state index is 0.582. The van der Waals surface area contributed by atoms with Gasteiger partial charge in [-0.1, -0.05) is 18.7 Å². The predicted molar refractivity (Wildman–Crippen MR) is 52.8 cm³/mol. The fourth-order valence-corrected chi connectivity index (χ4v) is 3.05. The van der Waals surface area contributed by atoms with E-state index in [4.69, 9.17) is 11.6 Å². The van der Waals surface area contributed by atoms with Gasteiger partial charge in [0.1, 0.15) is 4.34 Å². The highest BCUT2D eigenvalue weighted by molar-refractivity contribution is 8.01. The van der Waals surface area contributed by atoms with Crippen LogP contribution < -0.4 is 0 Å². The lowest BCUT2D eigenvalue weighted by molar-refractivity contribution is 0.911. The first-order valence-electron chi connectivity index (χ1n) is 3.45. The fraction of sp³-hybridized carbons (Fsp3) is 0.571. The normalized spacial score (nSPS) is 13.3. The van der Waals surface area contributed by atoms with Crippen LogP contribution in [-0.2, 0) is 0 Å². The summed E-state index contributed by atoms with van der Waals surface area (Å²) in [6.07, 6.45) is 2.88. The number of halogens is 1. The van der Waals surface area contributed by atoms with E-state index in [2.05, 4.69) is 11.9 Å². The maximum atomic E-state index is 5.61. The highest BCUT2D eigenvalue weighted by Gasteiger charge is 2.04. The van der Waals surface area contributed by atoms with E-state index < -0.39 is 0 Å². The number of hydrogen-bond acceptors (Lipinski definition) is 3. The molecule has 0 N–H and O–H groups in total. The zero-order chi connectivity index (χ0) is 8.10. The van der Waals surface area contributed by atoms with Crippen LogP contribution in [0.3, 0.4) is 0 Å². The summed E-state index contributed by atoms with van der Waals surface area (Å²) in [5, 5.41) is 2.58. The average Bonchev–Trinajstić information content (AvgIpc) is 2.40. The third kappa shape index (κ3) is 3.45. The van der Waals surface area contributed by atoms with Crippen LogP contribution >= 0.6 is 34.7 Å². The molecule has 0 bridgehead atoms. The Morgan fingerprint density at radius 3 is 3.18 bits per heavy atom. The van der Waals surface area contributed by atoms with Crippen molar-refractivity contribution in [3.05, 3.63) is 11.6 Å². The topological polar surface area (TPSA) is 12.9 Å². The van der Waals surface area contributed by atoms with Gasteiger partial charge in [0.05, 0.1) is 0 Å². The van der Waals surface area contributed by atoms with E-state index >= 15 is 0 Å². The molecule has 1 heterocycles. The van der Waals surface area contributed by atoms with Crippen molar-refractivity contribution in [2.75, 3.05) is 5.88 Å². The highest BCUT2D eigenvalue weighted by atomic mass is 35.5. The minimum atomic E-state index is 0.582. The lowest BCUT2D eigenvalue weighted by atomic mass is 10.4. The molecule has 62 valence electrons. The van der Waals surface area contributed by atoms with E-state index in [0.29, 0.717) is 5.25 Å². The van der Waals surface area contributed by atoms with E-state index in [1.165, 1.54) is 0 Å². The number of alkyl halides is 1. The van der Waals surface area contributed by atoms with Gasteiger partial charge in [-0.25, -0.2) is 4.98 Å². The van der Waals surface area contributed by atoms with Crippen molar-refractivity contribution in [3.63, 3.8) is 0 Å². The molecule has 1 rings (SSSR count). The van der Waals surface area contributed by atoms with Crippen LogP contribution in [0.2, 0.25) is 0 Å². The zero-order valence-electron chi connectivity index (χ0n) is 6.29. The first-order valence-corrected chi connectivity index (χ1v) is 5.74. The average molecular weight is 208 g/mol. The first-order chi connectivity index (χ1) is 5.33. The van der Waals surface area contributed by atoms with E-state index in [-0.39, 0.29) is 0 Å². The fourth-order valence-electron chi connectivity index (χ4n) is 0.653. The molecule has 1 nitrogen and oxygen atoms in total. The maximum absolute atomic E-state index is 5.61. The van der Waals surface area contributed by atoms with Gasteiger partial charge in [0, 0.05) is 22.7 Å². The molecule has 11 heavy (non-hydrogen) atoms. The van der Waals surface area contributed by atoms with E-state index in [9.17, 15) is 0 Å². The molecule has 0 aliphatic carbocycles. The molecule has 0 aliphatic rings. The molecule has 0 radical (unpaired) electrons. The Balaban J connectivity index is 2.31. The van der Waals surface area contributed by atoms with Crippen molar-refractivity contribution in [2.24, 2.45) is 0 Å². The number of hydrogen-bond donors (Lipinski definition) is 0. The van der Waals surface area contributed by atoms with Crippen LogP contribution in [-0.4, -0.2) is 16.1 Å². The highest BCUT2D eigenvalue weighted by Crippen LogP contribution is 2.26. The maximum Gasteiger partial charge on any atom is 0.150 e. The summed E-state index contributed by atoms with van der Waals surface area (Å²) in [4.78, 5) is 4.18. The molecular formula is C7H10ClNS2. The predicted octanol–water partition coefficient (Wildman–Crippen LogP) is 3.25. The van der Waals surface area contributed by atoms with Gasteiger partial charge in [0.2, 0.25) is 0 Å². The summed E-state index contributed by atoms with van der Waals surface area (Å²) in [5.74, 6) is 0.736. The van der Waals surface area contributed by atoms with Crippen LogP contribution in [0, 0.1) is 0 Å². The van der Waals surface area contributed by atoms with Gasteiger partial charge in [-0.05, 0) is 6.42 Å². The van der Waals surface area contributed by atoms with Crippen LogP contribution in [0.4, 0.5) is 0 Å². The smallest absolute Gasteiger partial charge is 0.150 e. The third-order valence-electron chi connectivity index (χ3n) is 1.23. The molecule has 0 saturated heterocycles. The van der Waals surface area contributed by atoms with Crippen molar-refractivity contribution < 1.29 is 0 Å². The summed E-state index contributed by atoms with van der Waals surface area (Å²) in [7, 11) is 0. The molecular weight excluding hydrogens is 198 g/mol. The second-order valence-corrected chi connectivity index (χ2v) is 5.16. The molecule has 0 amide bonds. The molecule has 1 atom stereocenters. The van der Waals surface area contributed by atoms with Gasteiger partial charge >= 0.3 is 0 Å². The summed E-state index contributed by atoms with van der Waals surface area (Å²) < 4.78 is 1.14. The van der Waals surface area contributed by atoms with Crippen LogP contribution in [0.25, 0.3) is 0 Å². The first kappa shape index (κ1) is 9.36. The van der Waals surface area contributed by atoms with Gasteiger partial charge in [-0.3, -0.25) is 0 Å². The lowest BCUT2D eigenvalue weighted by Gasteiger charge is -2.04. The Hall–Kier alpha value is 0.270. The van der Waals surface area contributed by atoms with E-state index in [1.807, 2.05) is 11.6 Å². The standard InChI is InChI=1S/C7H10ClNS2/c1-6(2-3-8)11-7-9-4-5-10-7/h4-6H,2-3H2,1H3. The SMILES string of the molecule is CC(CCCl)Sc1nccs1. The Bertz CT molecular complexity index is 188. The quantitative estimate of drug-likeness (QED) is 0.556.